The fourth-order valence-corrected chi connectivity index (χ4v) is 4.30. The van der Waals surface area contributed by atoms with Gasteiger partial charge in [-0.3, -0.25) is 9.69 Å². The van der Waals surface area contributed by atoms with E-state index in [4.69, 9.17) is 0 Å². The van der Waals surface area contributed by atoms with E-state index in [0.717, 1.165) is 61.3 Å². The number of imidazole rings is 1. The molecule has 3 aromatic rings. The minimum atomic E-state index is -0.207. The van der Waals surface area contributed by atoms with E-state index < -0.39 is 0 Å². The first-order valence-corrected chi connectivity index (χ1v) is 11.0. The Balaban J connectivity index is 1.29. The molecule has 0 spiro atoms. The van der Waals surface area contributed by atoms with Crippen molar-refractivity contribution in [3.05, 3.63) is 78.6 Å². The van der Waals surface area contributed by atoms with Crippen LogP contribution in [0.1, 0.15) is 30.4 Å². The second-order valence-electron chi connectivity index (χ2n) is 8.15. The van der Waals surface area contributed by atoms with Crippen LogP contribution in [0.3, 0.4) is 0 Å². The molecule has 2 heterocycles. The van der Waals surface area contributed by atoms with Crippen LogP contribution in [0.4, 0.5) is 5.69 Å². The first-order chi connectivity index (χ1) is 15.1. The Morgan fingerprint density at radius 3 is 2.74 bits per heavy atom. The average molecular weight is 415 g/mol. The zero-order valence-corrected chi connectivity index (χ0v) is 18.2. The smallest absolute Gasteiger partial charge is 0.247 e. The molecule has 0 saturated carbocycles. The van der Waals surface area contributed by atoms with E-state index in [0.29, 0.717) is 0 Å². The lowest BCUT2D eigenvalue weighted by Gasteiger charge is -2.26. The Labute approximate surface area is 184 Å². The molecule has 4 rings (SSSR count). The highest BCUT2D eigenvalue weighted by Crippen LogP contribution is 2.24. The number of benzene rings is 2. The molecule has 160 valence electrons. The molecule has 1 N–H and O–H groups in total. The van der Waals surface area contributed by atoms with Crippen molar-refractivity contribution in [2.45, 2.75) is 32.7 Å². The summed E-state index contributed by atoms with van der Waals surface area (Å²) in [6, 6.07) is 14.6. The number of rotatable bonds is 8. The number of carbonyl (C=O) groups excluding carboxylic acids is 1. The summed E-state index contributed by atoms with van der Waals surface area (Å²) in [5, 5.41) is 2.82. The van der Waals surface area contributed by atoms with Gasteiger partial charge in [-0.05, 0) is 67.6 Å². The number of unbranched alkanes of at least 4 members (excludes halogenated alkanes) is 1. The zero-order chi connectivity index (χ0) is 21.6. The number of anilines is 1. The average Bonchev–Trinajstić information content (AvgIpc) is 3.21. The van der Waals surface area contributed by atoms with Crippen LogP contribution in [0.5, 0.6) is 0 Å². The Morgan fingerprint density at radius 2 is 2.00 bits per heavy atom. The third-order valence-electron chi connectivity index (χ3n) is 5.92. The van der Waals surface area contributed by atoms with Gasteiger partial charge in [-0.25, -0.2) is 4.98 Å². The van der Waals surface area contributed by atoms with Gasteiger partial charge in [0.25, 0.3) is 0 Å². The second-order valence-corrected chi connectivity index (χ2v) is 8.15. The predicted octanol–water partition coefficient (Wildman–Crippen LogP) is 5.04. The number of aromatic nitrogens is 2. The van der Waals surface area contributed by atoms with E-state index >= 15 is 0 Å². The molecule has 5 nitrogen and oxygen atoms in total. The number of hydrogen-bond acceptors (Lipinski definition) is 3. The van der Waals surface area contributed by atoms with Crippen LogP contribution in [0, 0.1) is 6.92 Å². The van der Waals surface area contributed by atoms with Crippen molar-refractivity contribution in [3.8, 4) is 0 Å². The van der Waals surface area contributed by atoms with Crippen LogP contribution in [0.25, 0.3) is 16.6 Å². The van der Waals surface area contributed by atoms with E-state index in [-0.39, 0.29) is 5.91 Å². The predicted molar refractivity (Wildman–Crippen MR) is 128 cm³/mol. The molecule has 1 amide bonds. The number of aryl methyl sites for hydroxylation is 2. The minimum Gasteiger partial charge on any atom is -0.330 e. The molecule has 1 aliphatic rings. The molecule has 2 aromatic carbocycles. The van der Waals surface area contributed by atoms with Gasteiger partial charge in [-0.15, -0.1) is 0 Å². The molecule has 1 aliphatic heterocycles. The fourth-order valence-electron chi connectivity index (χ4n) is 4.30. The quantitative estimate of drug-likeness (QED) is 0.415. The lowest BCUT2D eigenvalue weighted by atomic mass is 9.99. The monoisotopic (exact) mass is 414 g/mol. The number of nitrogens with one attached hydrogen (secondary N) is 1. The third kappa shape index (κ3) is 5.12. The Hall–Kier alpha value is -3.18. The molecule has 0 radical (unpaired) electrons. The molecular weight excluding hydrogens is 384 g/mol. The van der Waals surface area contributed by atoms with Gasteiger partial charge in [0.15, 0.2) is 0 Å². The third-order valence-corrected chi connectivity index (χ3v) is 5.92. The van der Waals surface area contributed by atoms with Gasteiger partial charge in [0.05, 0.1) is 17.4 Å². The highest BCUT2D eigenvalue weighted by Gasteiger charge is 2.13. The summed E-state index contributed by atoms with van der Waals surface area (Å²) < 4.78 is 2.23. The molecular formula is C26H30N4O. The highest BCUT2D eigenvalue weighted by atomic mass is 16.1. The summed E-state index contributed by atoms with van der Waals surface area (Å²) in [7, 11) is 0. The Kier molecular flexibility index (Phi) is 6.63. The molecule has 0 fully saturated rings. The van der Waals surface area contributed by atoms with E-state index in [1.54, 1.807) is 0 Å². The maximum Gasteiger partial charge on any atom is 0.247 e. The van der Waals surface area contributed by atoms with E-state index in [2.05, 4.69) is 69.7 Å². The van der Waals surface area contributed by atoms with Crippen LogP contribution in [-0.4, -0.2) is 40.0 Å². The first kappa shape index (κ1) is 21.1. The van der Waals surface area contributed by atoms with Gasteiger partial charge >= 0.3 is 0 Å². The largest absolute Gasteiger partial charge is 0.330 e. The molecule has 0 saturated heterocycles. The van der Waals surface area contributed by atoms with Crippen LogP contribution in [0.15, 0.2) is 67.5 Å². The first-order valence-electron chi connectivity index (χ1n) is 11.0. The maximum absolute atomic E-state index is 11.6. The Morgan fingerprint density at radius 1 is 1.19 bits per heavy atom. The van der Waals surface area contributed by atoms with Crippen LogP contribution >= 0.6 is 0 Å². The van der Waals surface area contributed by atoms with Crippen molar-refractivity contribution in [1.29, 1.82) is 0 Å². The highest BCUT2D eigenvalue weighted by molar-refractivity contribution is 6.00. The summed E-state index contributed by atoms with van der Waals surface area (Å²) in [6.45, 7) is 9.81. The molecule has 0 aliphatic carbocycles. The maximum atomic E-state index is 11.6. The fraction of sp³-hybridized carbons (Fsp3) is 0.308. The van der Waals surface area contributed by atoms with Crippen molar-refractivity contribution >= 4 is 28.2 Å². The normalized spacial score (nSPS) is 14.4. The molecule has 0 unspecified atom stereocenters. The van der Waals surface area contributed by atoms with Gasteiger partial charge in [0.1, 0.15) is 0 Å². The summed E-state index contributed by atoms with van der Waals surface area (Å²) in [6.07, 6.45) is 8.98. The van der Waals surface area contributed by atoms with Gasteiger partial charge in [-0.2, -0.15) is 0 Å². The number of amides is 1. The van der Waals surface area contributed by atoms with Gasteiger partial charge in [-0.1, -0.05) is 43.0 Å². The molecule has 31 heavy (non-hydrogen) atoms. The minimum absolute atomic E-state index is 0.207. The van der Waals surface area contributed by atoms with Crippen LogP contribution in [0.2, 0.25) is 0 Å². The van der Waals surface area contributed by atoms with Gasteiger partial charge in [0, 0.05) is 25.3 Å². The van der Waals surface area contributed by atoms with E-state index in [9.17, 15) is 4.79 Å². The van der Waals surface area contributed by atoms with Crippen molar-refractivity contribution in [2.75, 3.05) is 25.0 Å². The van der Waals surface area contributed by atoms with Crippen molar-refractivity contribution in [3.63, 3.8) is 0 Å². The lowest BCUT2D eigenvalue weighted by Crippen LogP contribution is -2.29. The van der Waals surface area contributed by atoms with Crippen molar-refractivity contribution in [1.82, 2.24) is 14.5 Å². The van der Waals surface area contributed by atoms with E-state index in [1.807, 2.05) is 18.5 Å². The number of hydrogen-bond donors (Lipinski definition) is 1. The summed E-state index contributed by atoms with van der Waals surface area (Å²) >= 11 is 0. The summed E-state index contributed by atoms with van der Waals surface area (Å²) in [5.41, 5.74) is 6.76. The lowest BCUT2D eigenvalue weighted by molar-refractivity contribution is -0.111. The number of nitrogens with zero attached hydrogens (tertiary/aromatic N) is 3. The standard InChI is InChI=1S/C26H30N4O/c1-3-25(31)28-23-17-20(2)26-24(18-23)27-19-30(26)14-8-7-13-29-15-11-22(12-16-29)21-9-5-4-6-10-21/h3-6,9-11,17-19H,1,7-8,12-16H2,2H3,(H,28,31). The topological polar surface area (TPSA) is 50.2 Å². The molecule has 0 atom stereocenters. The van der Waals surface area contributed by atoms with Crippen molar-refractivity contribution in [2.24, 2.45) is 0 Å². The van der Waals surface area contributed by atoms with Crippen LogP contribution < -0.4 is 5.32 Å². The SMILES string of the molecule is C=CC(=O)Nc1cc(C)c2c(c1)ncn2CCCCN1CC=C(c2ccccc2)CC1. The zero-order valence-electron chi connectivity index (χ0n) is 18.2. The summed E-state index contributed by atoms with van der Waals surface area (Å²) in [4.78, 5) is 18.7. The number of fused-ring (bicyclic) bond motifs is 1. The van der Waals surface area contributed by atoms with E-state index in [1.165, 1.54) is 23.6 Å². The molecule has 0 bridgehead atoms. The van der Waals surface area contributed by atoms with Crippen LogP contribution in [-0.2, 0) is 11.3 Å². The van der Waals surface area contributed by atoms with Crippen molar-refractivity contribution < 1.29 is 4.79 Å². The molecule has 5 heteroatoms. The van der Waals surface area contributed by atoms with Gasteiger partial charge in [0.2, 0.25) is 5.91 Å². The number of carbonyl (C=O) groups is 1. The second kappa shape index (κ2) is 9.75. The Bertz CT molecular complexity index is 1100. The van der Waals surface area contributed by atoms with Gasteiger partial charge < -0.3 is 9.88 Å². The molecule has 1 aromatic heterocycles. The summed E-state index contributed by atoms with van der Waals surface area (Å²) in [5.74, 6) is -0.207.